The molecular weight excluding hydrogens is 586 g/mol. The zero-order chi connectivity index (χ0) is 29.7. The Morgan fingerprint density at radius 2 is 1.91 bits per heavy atom. The molecule has 4 heterocycles. The quantitative estimate of drug-likeness (QED) is 0.247. The van der Waals surface area contributed by atoms with Crippen molar-refractivity contribution in [3.05, 3.63) is 126 Å². The first-order valence-electron chi connectivity index (χ1n) is 13.8. The van der Waals surface area contributed by atoms with Gasteiger partial charge in [-0.25, -0.2) is 9.79 Å². The molecule has 2 aliphatic rings. The van der Waals surface area contributed by atoms with Crippen molar-refractivity contribution in [3.63, 3.8) is 0 Å². The van der Waals surface area contributed by atoms with Gasteiger partial charge in [0.15, 0.2) is 16.3 Å². The van der Waals surface area contributed by atoms with Crippen LogP contribution in [0.1, 0.15) is 36.6 Å². The number of aromatic nitrogens is 2. The van der Waals surface area contributed by atoms with Crippen LogP contribution in [0.3, 0.4) is 0 Å². The maximum Gasteiger partial charge on any atom is 0.338 e. The number of thiazole rings is 1. The summed E-state index contributed by atoms with van der Waals surface area (Å²) in [6.07, 6.45) is 3.94. The molecule has 2 aromatic heterocycles. The Balaban J connectivity index is 1.39. The highest BCUT2D eigenvalue weighted by atomic mass is 35.5. The molecule has 8 nitrogen and oxygen atoms in total. The highest BCUT2D eigenvalue weighted by Gasteiger charge is 2.34. The van der Waals surface area contributed by atoms with Crippen molar-refractivity contribution in [1.29, 1.82) is 0 Å². The van der Waals surface area contributed by atoms with Crippen molar-refractivity contribution >= 4 is 45.9 Å². The zero-order valence-corrected chi connectivity index (χ0v) is 24.9. The molecule has 0 amide bonds. The summed E-state index contributed by atoms with van der Waals surface area (Å²) in [5.74, 6) is 0.662. The van der Waals surface area contributed by atoms with E-state index in [1.807, 2.05) is 66.9 Å². The summed E-state index contributed by atoms with van der Waals surface area (Å²) in [5.41, 5.74) is 4.20. The van der Waals surface area contributed by atoms with Crippen LogP contribution in [0.2, 0.25) is 5.02 Å². The third kappa shape index (κ3) is 4.74. The van der Waals surface area contributed by atoms with Crippen molar-refractivity contribution in [2.24, 2.45) is 4.99 Å². The van der Waals surface area contributed by atoms with Crippen molar-refractivity contribution in [2.45, 2.75) is 26.4 Å². The Kier molecular flexibility index (Phi) is 6.91. The molecule has 43 heavy (non-hydrogen) atoms. The first-order valence-corrected chi connectivity index (χ1v) is 15.0. The topological polar surface area (TPSA) is 84.1 Å². The molecule has 0 aliphatic carbocycles. The highest BCUT2D eigenvalue weighted by molar-refractivity contribution is 7.07. The van der Waals surface area contributed by atoms with Gasteiger partial charge in [0.25, 0.3) is 5.56 Å². The summed E-state index contributed by atoms with van der Waals surface area (Å²) in [7, 11) is 0. The molecule has 0 fully saturated rings. The summed E-state index contributed by atoms with van der Waals surface area (Å²) < 4.78 is 20.7. The molecule has 1 atom stereocenters. The van der Waals surface area contributed by atoms with E-state index < -0.39 is 12.0 Å². The van der Waals surface area contributed by atoms with Crippen molar-refractivity contribution < 1.29 is 19.0 Å². The molecule has 0 radical (unpaired) electrons. The van der Waals surface area contributed by atoms with Crippen LogP contribution in [0, 0.1) is 0 Å². The van der Waals surface area contributed by atoms with Gasteiger partial charge < -0.3 is 18.8 Å². The molecule has 2 aliphatic heterocycles. The van der Waals surface area contributed by atoms with Crippen molar-refractivity contribution in [3.8, 4) is 11.5 Å². The second-order valence-corrected chi connectivity index (χ2v) is 11.7. The molecule has 0 saturated carbocycles. The number of benzene rings is 3. The van der Waals surface area contributed by atoms with Crippen LogP contribution >= 0.6 is 22.9 Å². The number of nitrogens with zero attached hydrogens (tertiary/aromatic N) is 3. The molecule has 5 aromatic rings. The molecule has 3 aromatic carbocycles. The van der Waals surface area contributed by atoms with Gasteiger partial charge in [-0.15, -0.1) is 0 Å². The van der Waals surface area contributed by atoms with E-state index in [2.05, 4.69) is 10.6 Å². The van der Waals surface area contributed by atoms with Gasteiger partial charge in [-0.2, -0.15) is 0 Å². The normalized spacial score (nSPS) is 16.0. The van der Waals surface area contributed by atoms with Crippen LogP contribution in [0.5, 0.6) is 11.5 Å². The standard InChI is InChI=1S/C33H26ClN3O5S/c1-3-40-32(39)29-19(2)35-33-37(30(29)20-12-13-26-27(14-20)42-18-41-26)31(38)28(43-33)15-22-17-36(25-11-7-5-9-23(22)25)16-21-8-4-6-10-24(21)34/h4-15,17,30H,3,16,18H2,1-2H3/b28-15-/t30-/m0/s1. The van der Waals surface area contributed by atoms with E-state index in [4.69, 9.17) is 30.8 Å². The minimum atomic E-state index is -0.742. The average molecular weight is 612 g/mol. The Morgan fingerprint density at radius 1 is 1.12 bits per heavy atom. The highest BCUT2D eigenvalue weighted by Crippen LogP contribution is 2.38. The van der Waals surface area contributed by atoms with Crippen LogP contribution in [0.25, 0.3) is 17.0 Å². The van der Waals surface area contributed by atoms with Gasteiger partial charge in [0.1, 0.15) is 0 Å². The maximum absolute atomic E-state index is 14.2. The Hall–Kier alpha value is -4.60. The predicted molar refractivity (Wildman–Crippen MR) is 165 cm³/mol. The van der Waals surface area contributed by atoms with Crippen molar-refractivity contribution in [1.82, 2.24) is 9.13 Å². The van der Waals surface area contributed by atoms with Gasteiger partial charge >= 0.3 is 5.97 Å². The van der Waals surface area contributed by atoms with E-state index in [0.717, 1.165) is 22.0 Å². The number of fused-ring (bicyclic) bond motifs is 3. The molecule has 0 bridgehead atoms. The lowest BCUT2D eigenvalue weighted by atomic mass is 9.95. The number of allylic oxidation sites excluding steroid dienone is 1. The fourth-order valence-electron chi connectivity index (χ4n) is 5.66. The number of para-hydroxylation sites is 1. The fraction of sp³-hybridized carbons (Fsp3) is 0.182. The number of halogens is 1. The zero-order valence-electron chi connectivity index (χ0n) is 23.4. The fourth-order valence-corrected chi connectivity index (χ4v) is 6.90. The summed E-state index contributed by atoms with van der Waals surface area (Å²) in [5, 5.41) is 1.71. The molecule has 0 N–H and O–H groups in total. The molecule has 0 spiro atoms. The lowest BCUT2D eigenvalue weighted by Crippen LogP contribution is -2.39. The SMILES string of the molecule is CCOC(=O)C1=C(C)N=c2s/c(=C\c3cn(Cc4ccccc4Cl)c4ccccc34)c(=O)n2[C@H]1c1ccc2c(c1)OCO2. The van der Waals surface area contributed by atoms with E-state index in [1.165, 1.54) is 11.3 Å². The van der Waals surface area contributed by atoms with Crippen LogP contribution < -0.4 is 24.4 Å². The largest absolute Gasteiger partial charge is 0.463 e. The van der Waals surface area contributed by atoms with Gasteiger partial charge in [0.2, 0.25) is 6.79 Å². The minimum Gasteiger partial charge on any atom is -0.463 e. The van der Waals surface area contributed by atoms with Gasteiger partial charge in [0, 0.05) is 34.2 Å². The van der Waals surface area contributed by atoms with E-state index >= 15 is 0 Å². The molecule has 0 saturated heterocycles. The second kappa shape index (κ2) is 10.9. The number of rotatable bonds is 6. The lowest BCUT2D eigenvalue weighted by molar-refractivity contribution is -0.139. The number of esters is 1. The van der Waals surface area contributed by atoms with E-state index in [9.17, 15) is 9.59 Å². The molecule has 10 heteroatoms. The molecular formula is C33H26ClN3O5S. The van der Waals surface area contributed by atoms with E-state index in [0.29, 0.717) is 49.2 Å². The van der Waals surface area contributed by atoms with E-state index in [-0.39, 0.29) is 19.0 Å². The van der Waals surface area contributed by atoms with Gasteiger partial charge in [-0.05, 0) is 55.3 Å². The van der Waals surface area contributed by atoms with Crippen LogP contribution in [-0.4, -0.2) is 28.5 Å². The minimum absolute atomic E-state index is 0.116. The third-order valence-corrected chi connectivity index (χ3v) is 8.99. The van der Waals surface area contributed by atoms with Crippen LogP contribution in [0.15, 0.2) is 94.0 Å². The summed E-state index contributed by atoms with van der Waals surface area (Å²) in [6, 6.07) is 20.5. The van der Waals surface area contributed by atoms with E-state index in [1.54, 1.807) is 24.5 Å². The first-order chi connectivity index (χ1) is 20.9. The monoisotopic (exact) mass is 611 g/mol. The Labute approximate surface area is 255 Å². The number of hydrogen-bond acceptors (Lipinski definition) is 7. The smallest absolute Gasteiger partial charge is 0.338 e. The lowest BCUT2D eigenvalue weighted by Gasteiger charge is -2.24. The van der Waals surface area contributed by atoms with Gasteiger partial charge in [-0.1, -0.05) is 65.4 Å². The van der Waals surface area contributed by atoms with Crippen molar-refractivity contribution in [2.75, 3.05) is 13.4 Å². The Morgan fingerprint density at radius 3 is 2.74 bits per heavy atom. The summed E-state index contributed by atoms with van der Waals surface area (Å²) in [4.78, 5) is 32.6. The second-order valence-electron chi connectivity index (χ2n) is 10.2. The summed E-state index contributed by atoms with van der Waals surface area (Å²) in [6.45, 7) is 4.42. The number of hydrogen-bond donors (Lipinski definition) is 0. The number of carbonyl (C=O) groups excluding carboxylic acids is 1. The van der Waals surface area contributed by atoms with Crippen LogP contribution in [0.4, 0.5) is 0 Å². The molecule has 0 unspecified atom stereocenters. The van der Waals surface area contributed by atoms with Gasteiger partial charge in [-0.3, -0.25) is 9.36 Å². The van der Waals surface area contributed by atoms with Crippen LogP contribution in [-0.2, 0) is 16.1 Å². The maximum atomic E-state index is 14.2. The molecule has 216 valence electrons. The van der Waals surface area contributed by atoms with Gasteiger partial charge in [0.05, 0.1) is 28.5 Å². The predicted octanol–water partition coefficient (Wildman–Crippen LogP) is 5.18. The molecule has 7 rings (SSSR count). The average Bonchev–Trinajstić information content (AvgIpc) is 3.69. The first kappa shape index (κ1) is 27.2. The number of ether oxygens (including phenoxy) is 3. The Bertz CT molecular complexity index is 2140. The summed E-state index contributed by atoms with van der Waals surface area (Å²) >= 11 is 7.77. The number of carbonyl (C=O) groups is 1. The third-order valence-electron chi connectivity index (χ3n) is 7.63.